The Balaban J connectivity index is 1.61. The second-order valence-electron chi connectivity index (χ2n) is 8.53. The Morgan fingerprint density at radius 3 is 2.24 bits per heavy atom. The van der Waals surface area contributed by atoms with E-state index in [1.165, 1.54) is 5.01 Å². The molecule has 1 aliphatic heterocycles. The minimum Gasteiger partial charge on any atom is -0.298 e. The van der Waals surface area contributed by atoms with Gasteiger partial charge in [0.25, 0.3) is 5.91 Å². The zero-order valence-corrected chi connectivity index (χ0v) is 18.9. The van der Waals surface area contributed by atoms with Gasteiger partial charge in [-0.3, -0.25) is 9.59 Å². The first-order valence-corrected chi connectivity index (χ1v) is 11.4. The van der Waals surface area contributed by atoms with E-state index in [9.17, 15) is 9.59 Å². The second kappa shape index (κ2) is 8.45. The second-order valence-corrected chi connectivity index (χ2v) is 8.96. The van der Waals surface area contributed by atoms with Crippen LogP contribution < -0.4 is 5.01 Å². The molecule has 0 unspecified atom stereocenters. The maximum absolute atomic E-state index is 14.0. The molecule has 164 valence electrons. The van der Waals surface area contributed by atoms with Crippen LogP contribution in [-0.4, -0.2) is 17.4 Å². The lowest BCUT2D eigenvalue weighted by Gasteiger charge is -2.29. The van der Waals surface area contributed by atoms with Crippen LogP contribution >= 0.6 is 11.6 Å². The number of hydrogen-bond acceptors (Lipinski definition) is 3. The molecule has 3 aromatic carbocycles. The SMILES string of the molecule is CC1=NN(c2ccc(Cl)cc2)C(=O)[C@]12C(=O)C[C@H](c1ccccc1)[C@H]2/C=C/c1ccccc1. The summed E-state index contributed by atoms with van der Waals surface area (Å²) in [6.07, 6.45) is 4.33. The number of hydrogen-bond donors (Lipinski definition) is 0. The van der Waals surface area contributed by atoms with Gasteiger partial charge in [-0.25, -0.2) is 0 Å². The van der Waals surface area contributed by atoms with E-state index in [1.807, 2.05) is 72.8 Å². The molecule has 1 amide bonds. The number of benzene rings is 3. The number of rotatable bonds is 4. The average Bonchev–Trinajstić information content (AvgIpc) is 3.29. The highest BCUT2D eigenvalue weighted by atomic mass is 35.5. The van der Waals surface area contributed by atoms with E-state index in [-0.39, 0.29) is 23.5 Å². The highest BCUT2D eigenvalue weighted by Crippen LogP contribution is 2.54. The Bertz CT molecular complexity index is 1250. The van der Waals surface area contributed by atoms with Crippen molar-refractivity contribution in [3.8, 4) is 0 Å². The van der Waals surface area contributed by atoms with Crippen LogP contribution in [0.25, 0.3) is 6.08 Å². The summed E-state index contributed by atoms with van der Waals surface area (Å²) >= 11 is 6.03. The van der Waals surface area contributed by atoms with Gasteiger partial charge in [0.15, 0.2) is 11.2 Å². The van der Waals surface area contributed by atoms with Crippen LogP contribution in [0.2, 0.25) is 5.02 Å². The average molecular weight is 455 g/mol. The van der Waals surface area contributed by atoms with Crippen molar-refractivity contribution in [3.05, 3.63) is 107 Å². The smallest absolute Gasteiger partial charge is 0.267 e. The highest BCUT2D eigenvalue weighted by Gasteiger charge is 2.65. The number of halogens is 1. The number of allylic oxidation sites excluding steroid dienone is 1. The number of carbonyl (C=O) groups excluding carboxylic acids is 2. The van der Waals surface area contributed by atoms with Crippen LogP contribution in [-0.2, 0) is 9.59 Å². The molecule has 3 atom stereocenters. The molecule has 5 rings (SSSR count). The van der Waals surface area contributed by atoms with Gasteiger partial charge in [-0.2, -0.15) is 10.1 Å². The Morgan fingerprint density at radius 1 is 0.939 bits per heavy atom. The zero-order valence-electron chi connectivity index (χ0n) is 18.2. The normalized spacial score (nSPS) is 24.8. The monoisotopic (exact) mass is 454 g/mol. The number of carbonyl (C=O) groups is 2. The third kappa shape index (κ3) is 3.51. The van der Waals surface area contributed by atoms with Crippen LogP contribution in [0.5, 0.6) is 0 Å². The van der Waals surface area contributed by atoms with Gasteiger partial charge in [0.2, 0.25) is 0 Å². The van der Waals surface area contributed by atoms with E-state index in [0.29, 0.717) is 22.8 Å². The van der Waals surface area contributed by atoms with E-state index < -0.39 is 5.41 Å². The van der Waals surface area contributed by atoms with Crippen molar-refractivity contribution in [2.24, 2.45) is 16.4 Å². The highest BCUT2D eigenvalue weighted by molar-refractivity contribution is 6.33. The molecule has 1 spiro atoms. The third-order valence-corrected chi connectivity index (χ3v) is 6.98. The molecular formula is C28H23ClN2O2. The first-order chi connectivity index (χ1) is 16.0. The van der Waals surface area contributed by atoms with Gasteiger partial charge >= 0.3 is 0 Å². The Hall–Kier alpha value is -3.50. The van der Waals surface area contributed by atoms with Gasteiger partial charge in [-0.15, -0.1) is 0 Å². The molecular weight excluding hydrogens is 432 g/mol. The molecule has 33 heavy (non-hydrogen) atoms. The van der Waals surface area contributed by atoms with E-state index in [0.717, 1.165) is 11.1 Å². The number of Topliss-reactive ketones (excluding diaryl/α,β-unsaturated/α-hetero) is 1. The minimum atomic E-state index is -1.31. The van der Waals surface area contributed by atoms with Crippen LogP contribution in [0.3, 0.4) is 0 Å². The Kier molecular flexibility index (Phi) is 5.47. The lowest BCUT2D eigenvalue weighted by molar-refractivity contribution is -0.134. The van der Waals surface area contributed by atoms with Crippen molar-refractivity contribution in [1.82, 2.24) is 0 Å². The summed E-state index contributed by atoms with van der Waals surface area (Å²) in [5, 5.41) is 6.53. The summed E-state index contributed by atoms with van der Waals surface area (Å²) in [7, 11) is 0. The predicted octanol–water partition coefficient (Wildman–Crippen LogP) is 6.14. The first kappa shape index (κ1) is 21.4. The molecule has 0 radical (unpaired) electrons. The van der Waals surface area contributed by atoms with Gasteiger partial charge in [0.05, 0.1) is 11.4 Å². The van der Waals surface area contributed by atoms with E-state index >= 15 is 0 Å². The van der Waals surface area contributed by atoms with Crippen LogP contribution in [0.15, 0.2) is 96.1 Å². The van der Waals surface area contributed by atoms with Crippen molar-refractivity contribution in [3.63, 3.8) is 0 Å². The van der Waals surface area contributed by atoms with Gasteiger partial charge < -0.3 is 0 Å². The van der Waals surface area contributed by atoms with Crippen LogP contribution in [0.4, 0.5) is 5.69 Å². The molecule has 1 aliphatic carbocycles. The van der Waals surface area contributed by atoms with Crippen molar-refractivity contribution >= 4 is 40.8 Å². The van der Waals surface area contributed by atoms with Gasteiger partial charge in [0.1, 0.15) is 0 Å². The van der Waals surface area contributed by atoms with E-state index in [1.54, 1.807) is 31.2 Å². The Labute approximate surface area is 198 Å². The van der Waals surface area contributed by atoms with Crippen molar-refractivity contribution in [2.45, 2.75) is 19.3 Å². The topological polar surface area (TPSA) is 49.7 Å². The predicted molar refractivity (Wildman–Crippen MR) is 132 cm³/mol. The van der Waals surface area contributed by atoms with Crippen LogP contribution in [0, 0.1) is 11.3 Å². The number of anilines is 1. The zero-order chi connectivity index (χ0) is 23.0. The lowest BCUT2D eigenvalue weighted by Crippen LogP contribution is -2.47. The molecule has 5 heteroatoms. The maximum atomic E-state index is 14.0. The van der Waals surface area contributed by atoms with Crippen molar-refractivity contribution in [2.75, 3.05) is 5.01 Å². The van der Waals surface area contributed by atoms with Crippen molar-refractivity contribution in [1.29, 1.82) is 0 Å². The summed E-state index contributed by atoms with van der Waals surface area (Å²) in [5.41, 5.74) is 1.89. The van der Waals surface area contributed by atoms with Gasteiger partial charge in [-0.05, 0) is 48.2 Å². The standard InChI is InChI=1S/C28H23ClN2O2/c1-19-28(27(33)31(30-19)23-15-13-22(29)14-16-23)25(17-12-20-8-4-2-5-9-20)24(18-26(28)32)21-10-6-3-7-11-21/h2-17,24-25H,18H2,1H3/b17-12+/t24-,25-,28-/m1/s1. The van der Waals surface area contributed by atoms with E-state index in [2.05, 4.69) is 5.10 Å². The van der Waals surface area contributed by atoms with Gasteiger partial charge in [0, 0.05) is 17.4 Å². The maximum Gasteiger partial charge on any atom is 0.267 e. The van der Waals surface area contributed by atoms with Crippen LogP contribution in [0.1, 0.15) is 30.4 Å². The molecule has 1 saturated carbocycles. The molecule has 0 N–H and O–H groups in total. The summed E-state index contributed by atoms with van der Waals surface area (Å²) in [4.78, 5) is 27.6. The number of nitrogens with zero attached hydrogens (tertiary/aromatic N) is 2. The molecule has 0 aromatic heterocycles. The largest absolute Gasteiger partial charge is 0.298 e. The third-order valence-electron chi connectivity index (χ3n) is 6.72. The van der Waals surface area contributed by atoms with E-state index in [4.69, 9.17) is 11.6 Å². The summed E-state index contributed by atoms with van der Waals surface area (Å²) in [6.45, 7) is 1.79. The number of hydrazone groups is 1. The minimum absolute atomic E-state index is 0.0817. The van der Waals surface area contributed by atoms with Crippen molar-refractivity contribution < 1.29 is 9.59 Å². The number of amides is 1. The summed E-state index contributed by atoms with van der Waals surface area (Å²) in [5.74, 6) is -0.839. The molecule has 3 aromatic rings. The fraction of sp³-hybridized carbons (Fsp3) is 0.179. The molecule has 0 saturated heterocycles. The fourth-order valence-electron chi connectivity index (χ4n) is 5.12. The quantitative estimate of drug-likeness (QED) is 0.445. The van der Waals surface area contributed by atoms with Gasteiger partial charge in [-0.1, -0.05) is 84.4 Å². The lowest BCUT2D eigenvalue weighted by atomic mass is 9.70. The fourth-order valence-corrected chi connectivity index (χ4v) is 5.24. The molecule has 4 nitrogen and oxygen atoms in total. The number of ketones is 1. The summed E-state index contributed by atoms with van der Waals surface area (Å²) in [6, 6.07) is 26.8. The molecule has 1 fully saturated rings. The first-order valence-electron chi connectivity index (χ1n) is 11.0. The molecule has 1 heterocycles. The molecule has 0 bridgehead atoms. The Morgan fingerprint density at radius 2 is 1.58 bits per heavy atom. The summed E-state index contributed by atoms with van der Waals surface area (Å²) < 4.78 is 0. The molecule has 2 aliphatic rings.